The molecular weight excluding hydrogens is 1100 g/mol. The molecule has 3 aromatic carbocycles. The molecule has 422 valence electrons. The van der Waals surface area contributed by atoms with Gasteiger partial charge in [0.1, 0.15) is 58.1 Å². The van der Waals surface area contributed by atoms with Gasteiger partial charge in [-0.15, -0.1) is 11.6 Å². The van der Waals surface area contributed by atoms with Gasteiger partial charge in [0.05, 0.1) is 88.4 Å². The van der Waals surface area contributed by atoms with Crippen LogP contribution < -0.4 is 25.7 Å². The normalized spacial score (nSPS) is 13.1. The van der Waals surface area contributed by atoms with Crippen molar-refractivity contribution in [2.75, 3.05) is 64.5 Å². The molecule has 0 aliphatic carbocycles. The van der Waals surface area contributed by atoms with Crippen LogP contribution in [0.4, 0.5) is 50.9 Å². The maximum Gasteiger partial charge on any atom is 0.419 e. The number of ether oxygens (including phenoxy) is 3. The molecule has 1 aliphatic heterocycles. The number of rotatable bonds is 12. The van der Waals surface area contributed by atoms with Gasteiger partial charge < -0.3 is 40.5 Å². The molecule has 0 bridgehead atoms. The van der Waals surface area contributed by atoms with Crippen LogP contribution in [-0.2, 0) is 31.0 Å². The van der Waals surface area contributed by atoms with Crippen molar-refractivity contribution in [3.8, 4) is 69.2 Å². The van der Waals surface area contributed by atoms with Crippen molar-refractivity contribution in [2.24, 2.45) is 0 Å². The Kier molecular flexibility index (Phi) is 18.5. The number of nitrogens with one attached hydrogen (secondary N) is 2. The quantitative estimate of drug-likeness (QED) is 0.0655. The average Bonchev–Trinajstić information content (AvgIpc) is 4.11. The third-order valence-electron chi connectivity index (χ3n) is 12.2. The highest BCUT2D eigenvalue weighted by Gasteiger charge is 2.37. The summed E-state index contributed by atoms with van der Waals surface area (Å²) in [5, 5.41) is 27.8. The van der Waals surface area contributed by atoms with E-state index >= 15 is 0 Å². The summed E-state index contributed by atoms with van der Waals surface area (Å²) in [6.45, 7) is 9.52. The van der Waals surface area contributed by atoms with Gasteiger partial charge in [-0.3, -0.25) is 4.90 Å². The summed E-state index contributed by atoms with van der Waals surface area (Å²) in [6.07, 6.45) is -13.7. The predicted octanol–water partition coefficient (Wildman–Crippen LogP) is 11.5. The number of H-pyrrole nitrogens is 2. The number of fused-ring (bicyclic) bond motifs is 2. The van der Waals surface area contributed by atoms with Gasteiger partial charge in [0.25, 0.3) is 0 Å². The standard InChI is InChI=1S/C22H23F3N6O.C17H12ClF3N4O.C15H13F3N4O/c1-3-32-19-5-4-14(10-15(19)22(23,24)25)16-11-17-21(18(12-26)27-16)29-20(28-17)13-31-8-6-30(2)7-9-31;1-2-26-14-4-3-9(5-10(14)17(19,20)21)11-6-12-16(13(8-22)23-11)25-15(7-18)24-12;1-2-23-13-4-3-8(5-9(13)15(16,17)18)11-6-10(20)14(21)12(7-19)22-11/h4-5,10-11H,3,6-9,13H2,1-2H3,(H,28,29);3-6H,2,7H2,1H3,(H,24,25);3-6H,2,21H2,1H3,(H2,20,22). The largest absolute Gasteiger partial charge is 0.493 e. The van der Waals surface area contributed by atoms with Gasteiger partial charge in [0.2, 0.25) is 0 Å². The molecule has 81 heavy (non-hydrogen) atoms. The third-order valence-corrected chi connectivity index (χ3v) is 12.4. The smallest absolute Gasteiger partial charge is 0.419 e. The Morgan fingerprint density at radius 2 is 0.914 bits per heavy atom. The van der Waals surface area contributed by atoms with E-state index in [-0.39, 0.29) is 105 Å². The van der Waals surface area contributed by atoms with Gasteiger partial charge in [-0.05, 0) is 101 Å². The van der Waals surface area contributed by atoms with E-state index in [9.17, 15) is 50.0 Å². The van der Waals surface area contributed by atoms with Crippen molar-refractivity contribution < 1.29 is 53.7 Å². The number of anilines is 2. The molecule has 0 atom stereocenters. The van der Waals surface area contributed by atoms with Gasteiger partial charge >= 0.3 is 18.5 Å². The summed E-state index contributed by atoms with van der Waals surface area (Å²) >= 11 is 5.73. The van der Waals surface area contributed by atoms with Crippen LogP contribution in [0.25, 0.3) is 55.8 Å². The summed E-state index contributed by atoms with van der Waals surface area (Å²) in [6, 6.07) is 21.2. The number of nitriles is 3. The van der Waals surface area contributed by atoms with Gasteiger partial charge in [0, 0.05) is 42.9 Å². The second-order valence-electron chi connectivity index (χ2n) is 17.7. The van der Waals surface area contributed by atoms with E-state index in [0.717, 1.165) is 44.4 Å². The average molecular weight is 1150 g/mol. The number of pyridine rings is 3. The number of nitrogens with two attached hydrogens (primary N) is 2. The van der Waals surface area contributed by atoms with Crippen LogP contribution in [0, 0.1) is 34.0 Å². The third kappa shape index (κ3) is 14.1. The van der Waals surface area contributed by atoms with E-state index in [1.807, 2.05) is 12.1 Å². The molecule has 8 aromatic rings. The Balaban J connectivity index is 0.000000178. The summed E-state index contributed by atoms with van der Waals surface area (Å²) in [4.78, 5) is 31.7. The number of aromatic nitrogens is 7. The fraction of sp³-hybridized carbons (Fsp3) is 0.296. The number of imidazole rings is 2. The number of alkyl halides is 10. The molecule has 1 saturated heterocycles. The number of likely N-dealkylation sites (N-methyl/N-ethyl adjacent to an activating group) is 1. The molecule has 27 heteroatoms. The Bertz CT molecular complexity index is 3700. The van der Waals surface area contributed by atoms with Crippen molar-refractivity contribution in [1.29, 1.82) is 15.8 Å². The van der Waals surface area contributed by atoms with E-state index in [4.69, 9.17) is 42.5 Å². The molecule has 1 fully saturated rings. The molecule has 5 aromatic heterocycles. The Morgan fingerprint density at radius 3 is 1.28 bits per heavy atom. The van der Waals surface area contributed by atoms with Gasteiger partial charge in [-0.2, -0.15) is 55.3 Å². The first-order valence-electron chi connectivity index (χ1n) is 24.5. The van der Waals surface area contributed by atoms with Crippen LogP contribution in [0.1, 0.15) is 66.2 Å². The second kappa shape index (κ2) is 25.0. The summed E-state index contributed by atoms with van der Waals surface area (Å²) in [7, 11) is 2.08. The number of nitrogens with zero attached hydrogens (tertiary/aromatic N) is 10. The number of benzene rings is 3. The molecule has 6 heterocycles. The monoisotopic (exact) mass is 1150 g/mol. The fourth-order valence-electron chi connectivity index (χ4n) is 8.32. The minimum atomic E-state index is -4.59. The zero-order chi connectivity index (χ0) is 59.0. The molecule has 0 spiro atoms. The van der Waals surface area contributed by atoms with Crippen LogP contribution >= 0.6 is 11.6 Å². The number of hydrogen-bond donors (Lipinski definition) is 4. The zero-order valence-corrected chi connectivity index (χ0v) is 44.2. The van der Waals surface area contributed by atoms with E-state index in [0.29, 0.717) is 40.3 Å². The summed E-state index contributed by atoms with van der Waals surface area (Å²) < 4.78 is 135. The molecule has 6 N–H and O–H groups in total. The van der Waals surface area contributed by atoms with Crippen LogP contribution in [0.2, 0.25) is 0 Å². The highest BCUT2D eigenvalue weighted by atomic mass is 35.5. The minimum Gasteiger partial charge on any atom is -0.493 e. The number of nitrogen functional groups attached to an aromatic ring is 2. The van der Waals surface area contributed by atoms with Crippen molar-refractivity contribution in [3.63, 3.8) is 0 Å². The second-order valence-corrected chi connectivity index (χ2v) is 18.0. The first kappa shape index (κ1) is 59.8. The highest BCUT2D eigenvalue weighted by Crippen LogP contribution is 2.42. The lowest BCUT2D eigenvalue weighted by molar-refractivity contribution is -0.139. The summed E-state index contributed by atoms with van der Waals surface area (Å²) in [5.41, 5.74) is 11.6. The summed E-state index contributed by atoms with van der Waals surface area (Å²) in [5.74, 6) is 0.490. The van der Waals surface area contributed by atoms with E-state index in [2.05, 4.69) is 51.7 Å². The number of aromatic amines is 2. The molecule has 0 radical (unpaired) electrons. The van der Waals surface area contributed by atoms with E-state index in [1.165, 1.54) is 48.5 Å². The molecule has 1 aliphatic rings. The Hall–Kier alpha value is -8.90. The van der Waals surface area contributed by atoms with Crippen molar-refractivity contribution in [1.82, 2.24) is 44.7 Å². The minimum absolute atomic E-state index is 0.00164. The SMILES string of the molecule is CCOc1ccc(-c2cc(N)c(N)c(C#N)n2)cc1C(F)(F)F.CCOc1ccc(-c2cc3[nH]c(CCl)nc3c(C#N)n2)cc1C(F)(F)F.CCOc1ccc(-c2cc3[nH]c(CN4CCN(C)CC4)nc3c(C#N)n2)cc1C(F)(F)F. The lowest BCUT2D eigenvalue weighted by Gasteiger charge is -2.31. The number of hydrogen-bond acceptors (Lipinski definition) is 15. The van der Waals surface area contributed by atoms with Crippen molar-refractivity contribution in [3.05, 3.63) is 118 Å². The lowest BCUT2D eigenvalue weighted by Crippen LogP contribution is -2.44. The predicted molar refractivity (Wildman–Crippen MR) is 282 cm³/mol. The Labute approximate surface area is 461 Å². The van der Waals surface area contributed by atoms with Crippen molar-refractivity contribution >= 4 is 45.0 Å². The van der Waals surface area contributed by atoms with Crippen LogP contribution in [0.15, 0.2) is 72.8 Å². The first-order valence-corrected chi connectivity index (χ1v) is 25.0. The van der Waals surface area contributed by atoms with Crippen LogP contribution in [0.5, 0.6) is 17.2 Å². The topological polar surface area (TPSA) is 254 Å². The van der Waals surface area contributed by atoms with Crippen LogP contribution in [0.3, 0.4) is 0 Å². The molecule has 0 saturated carbocycles. The van der Waals surface area contributed by atoms with Gasteiger partial charge in [-0.1, -0.05) is 0 Å². The highest BCUT2D eigenvalue weighted by molar-refractivity contribution is 6.16. The maximum absolute atomic E-state index is 13.5. The van der Waals surface area contributed by atoms with Crippen molar-refractivity contribution in [2.45, 2.75) is 51.7 Å². The van der Waals surface area contributed by atoms with Gasteiger partial charge in [0.15, 0.2) is 17.1 Å². The van der Waals surface area contributed by atoms with Gasteiger partial charge in [-0.25, -0.2) is 24.9 Å². The molecular formula is C54H48ClF9N14O3. The number of halogens is 10. The first-order chi connectivity index (χ1) is 38.4. The maximum atomic E-state index is 13.5. The molecule has 9 rings (SSSR count). The molecule has 0 amide bonds. The van der Waals surface area contributed by atoms with Crippen LogP contribution in [-0.4, -0.2) is 97.7 Å². The number of piperazine rings is 1. The van der Waals surface area contributed by atoms with E-state index in [1.54, 1.807) is 32.9 Å². The molecule has 17 nitrogen and oxygen atoms in total. The molecule has 0 unspecified atom stereocenters. The lowest BCUT2D eigenvalue weighted by atomic mass is 10.0. The zero-order valence-electron chi connectivity index (χ0n) is 43.4. The Morgan fingerprint density at radius 1 is 0.543 bits per heavy atom. The van der Waals surface area contributed by atoms with E-state index < -0.39 is 35.2 Å². The fourth-order valence-corrected chi connectivity index (χ4v) is 8.45.